The second-order valence-electron chi connectivity index (χ2n) is 6.23. The molecular formula is C17H24ClNO4. The van der Waals surface area contributed by atoms with Crippen LogP contribution in [0.15, 0.2) is 24.3 Å². The Balaban J connectivity index is 2.72. The van der Waals surface area contributed by atoms with Crippen LogP contribution in [0.5, 0.6) is 0 Å². The van der Waals surface area contributed by atoms with E-state index in [1.165, 1.54) is 0 Å². The van der Waals surface area contributed by atoms with Gasteiger partial charge in [-0.1, -0.05) is 23.7 Å². The molecule has 23 heavy (non-hydrogen) atoms. The van der Waals surface area contributed by atoms with Crippen LogP contribution in [0.3, 0.4) is 0 Å². The van der Waals surface area contributed by atoms with E-state index < -0.39 is 11.7 Å². The van der Waals surface area contributed by atoms with Crippen LogP contribution in [0.25, 0.3) is 0 Å². The molecular weight excluding hydrogens is 318 g/mol. The molecule has 1 aromatic rings. The number of alkyl carbamates (subject to hydrolysis) is 1. The molecule has 0 saturated heterocycles. The van der Waals surface area contributed by atoms with Crippen molar-refractivity contribution in [2.75, 3.05) is 13.7 Å². The van der Waals surface area contributed by atoms with Gasteiger partial charge in [0, 0.05) is 31.7 Å². The lowest BCUT2D eigenvalue weighted by Crippen LogP contribution is -2.40. The Kier molecular flexibility index (Phi) is 7.52. The second kappa shape index (κ2) is 8.89. The van der Waals surface area contributed by atoms with Crippen LogP contribution in [0.2, 0.25) is 5.02 Å². The molecule has 1 N–H and O–H groups in total. The lowest BCUT2D eigenvalue weighted by atomic mass is 10.0. The first kappa shape index (κ1) is 19.5. The molecule has 0 heterocycles. The van der Waals surface area contributed by atoms with Crippen LogP contribution >= 0.6 is 11.6 Å². The Bertz CT molecular complexity index is 540. The Hall–Kier alpha value is -1.59. The van der Waals surface area contributed by atoms with E-state index in [0.29, 0.717) is 23.6 Å². The molecule has 0 aliphatic heterocycles. The number of hydrogen-bond acceptors (Lipinski definition) is 4. The van der Waals surface area contributed by atoms with E-state index in [1.807, 2.05) is 0 Å². The van der Waals surface area contributed by atoms with Crippen molar-refractivity contribution in [3.63, 3.8) is 0 Å². The predicted molar refractivity (Wildman–Crippen MR) is 90.1 cm³/mol. The van der Waals surface area contributed by atoms with Crippen molar-refractivity contribution >= 4 is 23.5 Å². The molecule has 5 nitrogen and oxygen atoms in total. The highest BCUT2D eigenvalue weighted by molar-refractivity contribution is 6.33. The van der Waals surface area contributed by atoms with Gasteiger partial charge < -0.3 is 14.8 Å². The zero-order valence-electron chi connectivity index (χ0n) is 14.0. The quantitative estimate of drug-likeness (QED) is 0.765. The fraction of sp³-hybridized carbons (Fsp3) is 0.529. The highest BCUT2D eigenvalue weighted by atomic mass is 35.5. The number of benzene rings is 1. The van der Waals surface area contributed by atoms with Crippen LogP contribution in [0.1, 0.15) is 44.0 Å². The van der Waals surface area contributed by atoms with E-state index in [0.717, 1.165) is 0 Å². The van der Waals surface area contributed by atoms with Crippen LogP contribution in [-0.4, -0.2) is 37.2 Å². The van der Waals surface area contributed by atoms with E-state index >= 15 is 0 Å². The number of nitrogens with one attached hydrogen (secondary N) is 1. The molecule has 0 aliphatic rings. The fourth-order valence-electron chi connectivity index (χ4n) is 1.98. The summed E-state index contributed by atoms with van der Waals surface area (Å²) in [5.74, 6) is -0.132. The molecule has 1 aromatic carbocycles. The van der Waals surface area contributed by atoms with Gasteiger partial charge in [0.15, 0.2) is 5.78 Å². The molecule has 0 radical (unpaired) electrons. The standard InChI is InChI=1S/C17H24ClNO4/c1-17(2,3)23-16(21)19-12(9-10-22-4)11-15(20)13-7-5-6-8-14(13)18/h5-8,12H,9-11H2,1-4H3,(H,19,21). The minimum atomic E-state index is -0.595. The van der Waals surface area contributed by atoms with Crippen molar-refractivity contribution in [1.82, 2.24) is 5.32 Å². The van der Waals surface area contributed by atoms with E-state index in [2.05, 4.69) is 5.32 Å². The van der Waals surface area contributed by atoms with Gasteiger partial charge in [-0.3, -0.25) is 4.79 Å². The number of ketones is 1. The highest BCUT2D eigenvalue weighted by Crippen LogP contribution is 2.18. The van der Waals surface area contributed by atoms with Gasteiger partial charge in [-0.15, -0.1) is 0 Å². The summed E-state index contributed by atoms with van der Waals surface area (Å²) < 4.78 is 10.3. The molecule has 6 heteroatoms. The van der Waals surface area contributed by atoms with Gasteiger partial charge in [0.2, 0.25) is 0 Å². The summed E-state index contributed by atoms with van der Waals surface area (Å²) in [5, 5.41) is 3.13. The molecule has 0 aromatic heterocycles. The summed E-state index contributed by atoms with van der Waals surface area (Å²) in [5.41, 5.74) is -0.148. The monoisotopic (exact) mass is 341 g/mol. The van der Waals surface area contributed by atoms with Crippen molar-refractivity contribution < 1.29 is 19.1 Å². The number of carbonyl (C=O) groups excluding carboxylic acids is 2. The first-order valence-electron chi connectivity index (χ1n) is 7.49. The molecule has 1 rings (SSSR count). The third-order valence-corrected chi connectivity index (χ3v) is 3.33. The molecule has 0 spiro atoms. The first-order chi connectivity index (χ1) is 10.7. The van der Waals surface area contributed by atoms with Gasteiger partial charge in [-0.2, -0.15) is 0 Å². The molecule has 0 bridgehead atoms. The number of ether oxygens (including phenoxy) is 2. The second-order valence-corrected chi connectivity index (χ2v) is 6.64. The van der Waals surface area contributed by atoms with Crippen molar-refractivity contribution in [1.29, 1.82) is 0 Å². The van der Waals surface area contributed by atoms with E-state index in [-0.39, 0.29) is 18.2 Å². The Morgan fingerprint density at radius 1 is 1.26 bits per heavy atom. The van der Waals surface area contributed by atoms with Crippen molar-refractivity contribution in [3.8, 4) is 0 Å². The number of hydrogen-bond donors (Lipinski definition) is 1. The third kappa shape index (κ3) is 7.48. The summed E-state index contributed by atoms with van der Waals surface area (Å²) in [6.45, 7) is 5.78. The average Bonchev–Trinajstić information content (AvgIpc) is 2.43. The number of methoxy groups -OCH3 is 1. The normalized spacial score (nSPS) is 12.6. The third-order valence-electron chi connectivity index (χ3n) is 3.00. The van der Waals surface area contributed by atoms with E-state index in [1.54, 1.807) is 52.1 Å². The number of carbonyl (C=O) groups is 2. The minimum absolute atomic E-state index is 0.131. The summed E-state index contributed by atoms with van der Waals surface area (Å²) in [7, 11) is 1.57. The van der Waals surface area contributed by atoms with Gasteiger partial charge in [-0.05, 0) is 39.3 Å². The van der Waals surface area contributed by atoms with E-state index in [4.69, 9.17) is 21.1 Å². The highest BCUT2D eigenvalue weighted by Gasteiger charge is 2.22. The van der Waals surface area contributed by atoms with Crippen LogP contribution in [0.4, 0.5) is 4.79 Å². The SMILES string of the molecule is COCCC(CC(=O)c1ccccc1Cl)NC(=O)OC(C)(C)C. The average molecular weight is 342 g/mol. The number of amides is 1. The zero-order valence-corrected chi connectivity index (χ0v) is 14.8. The number of Topliss-reactive ketones (excluding diaryl/α,β-unsaturated/α-hetero) is 1. The Morgan fingerprint density at radius 2 is 1.91 bits per heavy atom. The maximum atomic E-state index is 12.4. The van der Waals surface area contributed by atoms with Gasteiger partial charge >= 0.3 is 6.09 Å². The van der Waals surface area contributed by atoms with Gasteiger partial charge in [0.05, 0.1) is 5.02 Å². The summed E-state index contributed by atoms with van der Waals surface area (Å²) in [4.78, 5) is 24.3. The van der Waals surface area contributed by atoms with Crippen LogP contribution < -0.4 is 5.32 Å². The molecule has 128 valence electrons. The van der Waals surface area contributed by atoms with Crippen molar-refractivity contribution in [2.45, 2.75) is 45.3 Å². The van der Waals surface area contributed by atoms with Crippen molar-refractivity contribution in [3.05, 3.63) is 34.9 Å². The lowest BCUT2D eigenvalue weighted by Gasteiger charge is -2.23. The Labute approximate surface area is 142 Å². The number of rotatable bonds is 7. The van der Waals surface area contributed by atoms with Crippen molar-refractivity contribution in [2.24, 2.45) is 0 Å². The topological polar surface area (TPSA) is 64.6 Å². The maximum Gasteiger partial charge on any atom is 0.407 e. The largest absolute Gasteiger partial charge is 0.444 e. The molecule has 0 fully saturated rings. The van der Waals surface area contributed by atoms with Gasteiger partial charge in [-0.25, -0.2) is 4.79 Å². The van der Waals surface area contributed by atoms with Crippen LogP contribution in [0, 0.1) is 0 Å². The summed E-state index contributed by atoms with van der Waals surface area (Å²) in [6, 6.07) is 6.48. The summed E-state index contributed by atoms with van der Waals surface area (Å²) >= 11 is 6.04. The van der Waals surface area contributed by atoms with Gasteiger partial charge in [0.25, 0.3) is 0 Å². The van der Waals surface area contributed by atoms with Gasteiger partial charge in [0.1, 0.15) is 5.60 Å². The molecule has 1 atom stereocenters. The minimum Gasteiger partial charge on any atom is -0.444 e. The maximum absolute atomic E-state index is 12.4. The molecule has 0 saturated carbocycles. The van der Waals surface area contributed by atoms with E-state index in [9.17, 15) is 9.59 Å². The number of halogens is 1. The first-order valence-corrected chi connectivity index (χ1v) is 7.87. The fourth-order valence-corrected chi connectivity index (χ4v) is 2.22. The lowest BCUT2D eigenvalue weighted by molar-refractivity contribution is 0.0490. The molecule has 0 aliphatic carbocycles. The Morgan fingerprint density at radius 3 is 2.48 bits per heavy atom. The predicted octanol–water partition coefficient (Wildman–Crippen LogP) is 3.84. The summed E-state index contributed by atoms with van der Waals surface area (Å²) in [6.07, 6.45) is 0.0868. The zero-order chi connectivity index (χ0) is 17.5. The smallest absolute Gasteiger partial charge is 0.407 e. The van der Waals surface area contributed by atoms with Crippen LogP contribution in [-0.2, 0) is 9.47 Å². The molecule has 1 amide bonds. The molecule has 1 unspecified atom stereocenters.